The van der Waals surface area contributed by atoms with Crippen molar-refractivity contribution in [3.8, 4) is 11.5 Å². The van der Waals surface area contributed by atoms with Crippen molar-refractivity contribution in [1.29, 1.82) is 0 Å². The summed E-state index contributed by atoms with van der Waals surface area (Å²) < 4.78 is 10.9. The molecule has 0 saturated heterocycles. The van der Waals surface area contributed by atoms with Crippen LogP contribution in [0.4, 0.5) is 5.69 Å². The third-order valence-corrected chi connectivity index (χ3v) is 2.90. The fourth-order valence-electron chi connectivity index (χ4n) is 1.96. The van der Waals surface area contributed by atoms with Gasteiger partial charge in [-0.15, -0.1) is 0 Å². The molecule has 106 valence electrons. The first-order valence-electron chi connectivity index (χ1n) is 6.68. The SMILES string of the molecule is CCOc1cc(CNc2cncc(C)c2)ccc1OC. The van der Waals surface area contributed by atoms with Crippen LogP contribution in [0.3, 0.4) is 0 Å². The number of pyridine rings is 1. The lowest BCUT2D eigenvalue weighted by Crippen LogP contribution is -2.02. The van der Waals surface area contributed by atoms with Gasteiger partial charge >= 0.3 is 0 Å². The number of methoxy groups -OCH3 is 1. The van der Waals surface area contributed by atoms with Crippen LogP contribution in [0.1, 0.15) is 18.1 Å². The first kappa shape index (κ1) is 14.2. The number of rotatable bonds is 6. The molecule has 4 heteroatoms. The number of aryl methyl sites for hydroxylation is 1. The van der Waals surface area contributed by atoms with E-state index >= 15 is 0 Å². The smallest absolute Gasteiger partial charge is 0.161 e. The van der Waals surface area contributed by atoms with E-state index in [0.717, 1.165) is 34.9 Å². The van der Waals surface area contributed by atoms with Crippen molar-refractivity contribution in [3.05, 3.63) is 47.8 Å². The monoisotopic (exact) mass is 272 g/mol. The molecule has 20 heavy (non-hydrogen) atoms. The molecule has 0 radical (unpaired) electrons. The highest BCUT2D eigenvalue weighted by Gasteiger charge is 2.05. The number of ether oxygens (including phenoxy) is 2. The van der Waals surface area contributed by atoms with Crippen LogP contribution in [0.25, 0.3) is 0 Å². The van der Waals surface area contributed by atoms with Crippen LogP contribution in [0.15, 0.2) is 36.7 Å². The highest BCUT2D eigenvalue weighted by atomic mass is 16.5. The molecular formula is C16H20N2O2. The van der Waals surface area contributed by atoms with Crippen molar-refractivity contribution in [1.82, 2.24) is 4.98 Å². The summed E-state index contributed by atoms with van der Waals surface area (Å²) in [6, 6.07) is 8.02. The minimum Gasteiger partial charge on any atom is -0.493 e. The Bertz CT molecular complexity index is 570. The maximum Gasteiger partial charge on any atom is 0.161 e. The van der Waals surface area contributed by atoms with Crippen molar-refractivity contribution in [2.75, 3.05) is 19.0 Å². The summed E-state index contributed by atoms with van der Waals surface area (Å²) in [6.45, 7) is 5.33. The molecule has 1 N–H and O–H groups in total. The van der Waals surface area contributed by atoms with Gasteiger partial charge in [0.1, 0.15) is 0 Å². The average Bonchev–Trinajstić information content (AvgIpc) is 2.46. The molecule has 0 aliphatic carbocycles. The summed E-state index contributed by atoms with van der Waals surface area (Å²) in [4.78, 5) is 4.16. The topological polar surface area (TPSA) is 43.4 Å². The van der Waals surface area contributed by atoms with Crippen LogP contribution in [0, 0.1) is 6.92 Å². The van der Waals surface area contributed by atoms with Gasteiger partial charge in [-0.2, -0.15) is 0 Å². The second-order valence-corrected chi connectivity index (χ2v) is 4.52. The predicted molar refractivity (Wildman–Crippen MR) is 80.5 cm³/mol. The van der Waals surface area contributed by atoms with E-state index in [1.165, 1.54) is 0 Å². The zero-order chi connectivity index (χ0) is 14.4. The second-order valence-electron chi connectivity index (χ2n) is 4.52. The van der Waals surface area contributed by atoms with Gasteiger partial charge in [0.15, 0.2) is 11.5 Å². The molecule has 0 bridgehead atoms. The van der Waals surface area contributed by atoms with Gasteiger partial charge in [-0.25, -0.2) is 0 Å². The van der Waals surface area contributed by atoms with Gasteiger partial charge in [0.25, 0.3) is 0 Å². The first-order valence-corrected chi connectivity index (χ1v) is 6.68. The first-order chi connectivity index (χ1) is 9.72. The molecule has 0 aliphatic heterocycles. The van der Waals surface area contributed by atoms with Crippen LogP contribution >= 0.6 is 0 Å². The van der Waals surface area contributed by atoms with E-state index in [-0.39, 0.29) is 0 Å². The lowest BCUT2D eigenvalue weighted by molar-refractivity contribution is 0.310. The van der Waals surface area contributed by atoms with Crippen LogP contribution in [0.2, 0.25) is 0 Å². The summed E-state index contributed by atoms with van der Waals surface area (Å²) in [5.74, 6) is 1.53. The fourth-order valence-corrected chi connectivity index (χ4v) is 1.96. The molecule has 2 aromatic rings. The van der Waals surface area contributed by atoms with Crippen molar-refractivity contribution < 1.29 is 9.47 Å². The molecule has 1 heterocycles. The predicted octanol–water partition coefficient (Wildman–Crippen LogP) is 3.41. The number of aromatic nitrogens is 1. The second kappa shape index (κ2) is 6.80. The van der Waals surface area contributed by atoms with E-state index < -0.39 is 0 Å². The van der Waals surface area contributed by atoms with Crippen LogP contribution in [-0.2, 0) is 6.54 Å². The van der Waals surface area contributed by atoms with Gasteiger partial charge in [0.2, 0.25) is 0 Å². The molecule has 0 atom stereocenters. The quantitative estimate of drug-likeness (QED) is 0.875. The Labute approximate surface area is 119 Å². The highest BCUT2D eigenvalue weighted by Crippen LogP contribution is 2.28. The summed E-state index contributed by atoms with van der Waals surface area (Å²) >= 11 is 0. The van der Waals surface area contributed by atoms with E-state index in [0.29, 0.717) is 6.61 Å². The molecule has 1 aromatic carbocycles. The van der Waals surface area contributed by atoms with Gasteiger partial charge in [0, 0.05) is 18.9 Å². The minimum absolute atomic E-state index is 0.620. The molecule has 0 amide bonds. The molecule has 0 fully saturated rings. The van der Waals surface area contributed by atoms with Crippen LogP contribution < -0.4 is 14.8 Å². The molecule has 0 aliphatic rings. The van der Waals surface area contributed by atoms with Crippen LogP contribution in [0.5, 0.6) is 11.5 Å². The molecule has 1 aromatic heterocycles. The fraction of sp³-hybridized carbons (Fsp3) is 0.312. The number of hydrogen-bond donors (Lipinski definition) is 1. The van der Waals surface area contributed by atoms with Gasteiger partial charge in [0.05, 0.1) is 19.4 Å². The molecule has 2 rings (SSSR count). The lowest BCUT2D eigenvalue weighted by Gasteiger charge is -2.12. The molecule has 0 spiro atoms. The summed E-state index contributed by atoms with van der Waals surface area (Å²) in [7, 11) is 1.65. The number of benzene rings is 1. The van der Waals surface area contributed by atoms with E-state index in [1.807, 2.05) is 44.4 Å². The Hall–Kier alpha value is -2.23. The van der Waals surface area contributed by atoms with Gasteiger partial charge < -0.3 is 14.8 Å². The lowest BCUT2D eigenvalue weighted by atomic mass is 10.2. The highest BCUT2D eigenvalue weighted by molar-refractivity contribution is 5.46. The van der Waals surface area contributed by atoms with Gasteiger partial charge in [-0.3, -0.25) is 4.98 Å². The van der Waals surface area contributed by atoms with E-state index in [2.05, 4.69) is 16.4 Å². The van der Waals surface area contributed by atoms with E-state index in [1.54, 1.807) is 7.11 Å². The Balaban J connectivity index is 2.07. The largest absolute Gasteiger partial charge is 0.493 e. The number of nitrogens with one attached hydrogen (secondary N) is 1. The summed E-state index contributed by atoms with van der Waals surface area (Å²) in [5, 5.41) is 3.35. The number of nitrogens with zero attached hydrogens (tertiary/aromatic N) is 1. The summed E-state index contributed by atoms with van der Waals surface area (Å²) in [5.41, 5.74) is 3.29. The Morgan fingerprint density at radius 1 is 1.15 bits per heavy atom. The number of anilines is 1. The maximum absolute atomic E-state index is 5.57. The molecule has 0 saturated carbocycles. The Morgan fingerprint density at radius 2 is 2.00 bits per heavy atom. The zero-order valence-electron chi connectivity index (χ0n) is 12.1. The standard InChI is InChI=1S/C16H20N2O2/c1-4-20-16-8-13(5-6-15(16)19-3)10-18-14-7-12(2)9-17-11-14/h5-9,11,18H,4,10H2,1-3H3. The van der Waals surface area contributed by atoms with Crippen LogP contribution in [-0.4, -0.2) is 18.7 Å². The third kappa shape index (κ3) is 3.63. The van der Waals surface area contributed by atoms with Crippen molar-refractivity contribution in [3.63, 3.8) is 0 Å². The normalized spacial score (nSPS) is 10.2. The zero-order valence-corrected chi connectivity index (χ0v) is 12.1. The van der Waals surface area contributed by atoms with Crippen molar-refractivity contribution in [2.24, 2.45) is 0 Å². The van der Waals surface area contributed by atoms with E-state index in [4.69, 9.17) is 9.47 Å². The minimum atomic E-state index is 0.620. The Kier molecular flexibility index (Phi) is 4.82. The van der Waals surface area contributed by atoms with Gasteiger partial charge in [-0.05, 0) is 43.2 Å². The molecule has 4 nitrogen and oxygen atoms in total. The van der Waals surface area contributed by atoms with Crippen molar-refractivity contribution in [2.45, 2.75) is 20.4 Å². The average molecular weight is 272 g/mol. The molecular weight excluding hydrogens is 252 g/mol. The maximum atomic E-state index is 5.57. The molecule has 0 unspecified atom stereocenters. The summed E-state index contributed by atoms with van der Waals surface area (Å²) in [6.07, 6.45) is 3.66. The number of hydrogen-bond acceptors (Lipinski definition) is 4. The van der Waals surface area contributed by atoms with Gasteiger partial charge in [-0.1, -0.05) is 6.07 Å². The van der Waals surface area contributed by atoms with Crippen molar-refractivity contribution >= 4 is 5.69 Å². The van der Waals surface area contributed by atoms with E-state index in [9.17, 15) is 0 Å². The third-order valence-electron chi connectivity index (χ3n) is 2.90. The Morgan fingerprint density at radius 3 is 2.70 bits per heavy atom.